The molecule has 0 saturated carbocycles. The van der Waals surface area contributed by atoms with Crippen LogP contribution in [-0.4, -0.2) is 19.6 Å². The SMILES string of the molecule is Fc1ccc2c(cnc3ncnn32)c1. The summed E-state index contributed by atoms with van der Waals surface area (Å²) in [6, 6.07) is 4.47. The lowest BCUT2D eigenvalue weighted by atomic mass is 10.2. The summed E-state index contributed by atoms with van der Waals surface area (Å²) in [6.07, 6.45) is 3.01. The lowest BCUT2D eigenvalue weighted by molar-refractivity contribution is 0.629. The Labute approximate surface area is 78.0 Å². The summed E-state index contributed by atoms with van der Waals surface area (Å²) in [7, 11) is 0. The maximum atomic E-state index is 12.9. The Bertz CT molecular complexity index is 616. The summed E-state index contributed by atoms with van der Waals surface area (Å²) in [4.78, 5) is 7.97. The van der Waals surface area contributed by atoms with Crippen molar-refractivity contribution in [3.8, 4) is 0 Å². The molecule has 14 heavy (non-hydrogen) atoms. The highest BCUT2D eigenvalue weighted by Gasteiger charge is 2.02. The zero-order valence-corrected chi connectivity index (χ0v) is 7.05. The van der Waals surface area contributed by atoms with E-state index < -0.39 is 0 Å². The van der Waals surface area contributed by atoms with Gasteiger partial charge in [-0.2, -0.15) is 14.6 Å². The van der Waals surface area contributed by atoms with Crippen molar-refractivity contribution in [1.29, 1.82) is 0 Å². The highest BCUT2D eigenvalue weighted by molar-refractivity contribution is 5.79. The maximum Gasteiger partial charge on any atom is 0.252 e. The molecule has 0 amide bonds. The molecular formula is C9H5FN4. The summed E-state index contributed by atoms with van der Waals surface area (Å²) in [5, 5.41) is 4.71. The van der Waals surface area contributed by atoms with Gasteiger partial charge in [0.05, 0.1) is 5.52 Å². The van der Waals surface area contributed by atoms with Crippen LogP contribution in [0, 0.1) is 5.82 Å². The molecule has 68 valence electrons. The molecule has 3 rings (SSSR count). The normalized spacial score (nSPS) is 11.2. The van der Waals surface area contributed by atoms with Gasteiger partial charge in [0.1, 0.15) is 12.1 Å². The molecule has 0 fully saturated rings. The predicted molar refractivity (Wildman–Crippen MR) is 48.2 cm³/mol. The standard InChI is InChI=1S/C9H5FN4/c10-7-1-2-8-6(3-7)4-11-9-12-5-13-14(8)9/h1-5H. The van der Waals surface area contributed by atoms with Crippen LogP contribution in [0.4, 0.5) is 4.39 Å². The summed E-state index contributed by atoms with van der Waals surface area (Å²) in [5.41, 5.74) is 0.800. The lowest BCUT2D eigenvalue weighted by Crippen LogP contribution is -1.93. The number of rotatable bonds is 0. The Kier molecular flexibility index (Phi) is 1.30. The van der Waals surface area contributed by atoms with Crippen molar-refractivity contribution in [2.75, 3.05) is 0 Å². The van der Waals surface area contributed by atoms with Crippen molar-refractivity contribution in [1.82, 2.24) is 19.6 Å². The second kappa shape index (κ2) is 2.47. The van der Waals surface area contributed by atoms with E-state index in [4.69, 9.17) is 0 Å². The minimum absolute atomic E-state index is 0.279. The number of benzene rings is 1. The first-order valence-electron chi connectivity index (χ1n) is 4.08. The van der Waals surface area contributed by atoms with Gasteiger partial charge in [0.25, 0.3) is 5.78 Å². The molecule has 2 heterocycles. The Hall–Kier alpha value is -2.04. The average molecular weight is 188 g/mol. The molecule has 0 spiro atoms. The molecule has 0 aliphatic carbocycles. The second-order valence-electron chi connectivity index (χ2n) is 2.93. The summed E-state index contributed by atoms with van der Waals surface area (Å²) in [6.45, 7) is 0. The number of aromatic nitrogens is 4. The van der Waals surface area contributed by atoms with Crippen LogP contribution in [0.2, 0.25) is 0 Å². The lowest BCUT2D eigenvalue weighted by Gasteiger charge is -1.98. The van der Waals surface area contributed by atoms with Crippen LogP contribution in [0.3, 0.4) is 0 Å². The molecule has 0 aliphatic rings. The van der Waals surface area contributed by atoms with E-state index >= 15 is 0 Å². The quantitative estimate of drug-likeness (QED) is 0.535. The van der Waals surface area contributed by atoms with Gasteiger partial charge in [0.15, 0.2) is 0 Å². The van der Waals surface area contributed by atoms with Crippen molar-refractivity contribution >= 4 is 16.7 Å². The summed E-state index contributed by atoms with van der Waals surface area (Å²) >= 11 is 0. The van der Waals surface area contributed by atoms with Gasteiger partial charge in [0, 0.05) is 11.6 Å². The van der Waals surface area contributed by atoms with E-state index in [1.54, 1.807) is 16.8 Å². The molecule has 0 N–H and O–H groups in total. The van der Waals surface area contributed by atoms with Crippen LogP contribution in [0.1, 0.15) is 0 Å². The molecule has 0 radical (unpaired) electrons. The molecular weight excluding hydrogens is 183 g/mol. The third-order valence-electron chi connectivity index (χ3n) is 2.07. The molecule has 0 atom stereocenters. The van der Waals surface area contributed by atoms with Gasteiger partial charge < -0.3 is 0 Å². The van der Waals surface area contributed by atoms with Gasteiger partial charge in [-0.25, -0.2) is 9.37 Å². The molecule has 0 bridgehead atoms. The fourth-order valence-corrected chi connectivity index (χ4v) is 1.44. The topological polar surface area (TPSA) is 43.1 Å². The smallest absolute Gasteiger partial charge is 0.219 e. The van der Waals surface area contributed by atoms with Crippen molar-refractivity contribution in [3.63, 3.8) is 0 Å². The number of fused-ring (bicyclic) bond motifs is 3. The molecule has 3 aromatic rings. The number of halogens is 1. The third-order valence-corrected chi connectivity index (χ3v) is 2.07. The van der Waals surface area contributed by atoms with E-state index in [-0.39, 0.29) is 5.82 Å². The molecule has 0 unspecified atom stereocenters. The fraction of sp³-hybridized carbons (Fsp3) is 0. The van der Waals surface area contributed by atoms with Crippen LogP contribution >= 0.6 is 0 Å². The summed E-state index contributed by atoms with van der Waals surface area (Å²) in [5.74, 6) is 0.239. The first kappa shape index (κ1) is 7.37. The number of hydrogen-bond acceptors (Lipinski definition) is 3. The molecule has 0 aliphatic heterocycles. The molecule has 2 aromatic heterocycles. The van der Waals surface area contributed by atoms with E-state index in [1.165, 1.54) is 18.5 Å². The van der Waals surface area contributed by atoms with Crippen LogP contribution in [0.25, 0.3) is 16.7 Å². The van der Waals surface area contributed by atoms with E-state index in [1.807, 2.05) is 0 Å². The fourth-order valence-electron chi connectivity index (χ4n) is 1.44. The van der Waals surface area contributed by atoms with Crippen LogP contribution < -0.4 is 0 Å². The highest BCUT2D eigenvalue weighted by atomic mass is 19.1. The Morgan fingerprint density at radius 2 is 2.14 bits per heavy atom. The van der Waals surface area contributed by atoms with Crippen molar-refractivity contribution < 1.29 is 4.39 Å². The summed E-state index contributed by atoms with van der Waals surface area (Å²) < 4.78 is 14.5. The van der Waals surface area contributed by atoms with Gasteiger partial charge >= 0.3 is 0 Å². The number of nitrogens with zero attached hydrogens (tertiary/aromatic N) is 4. The maximum absolute atomic E-state index is 12.9. The van der Waals surface area contributed by atoms with Gasteiger partial charge in [-0.1, -0.05) is 0 Å². The molecule has 5 heteroatoms. The monoisotopic (exact) mass is 188 g/mol. The Morgan fingerprint density at radius 3 is 3.07 bits per heavy atom. The Balaban J connectivity index is 2.57. The van der Waals surface area contributed by atoms with E-state index in [0.29, 0.717) is 11.2 Å². The average Bonchev–Trinajstić information content (AvgIpc) is 2.65. The van der Waals surface area contributed by atoms with Gasteiger partial charge in [-0.3, -0.25) is 0 Å². The third kappa shape index (κ3) is 0.891. The van der Waals surface area contributed by atoms with Crippen molar-refractivity contribution in [2.45, 2.75) is 0 Å². The van der Waals surface area contributed by atoms with Crippen molar-refractivity contribution in [3.05, 3.63) is 36.5 Å². The molecule has 1 aromatic carbocycles. The predicted octanol–water partition coefficient (Wildman–Crippen LogP) is 1.42. The second-order valence-corrected chi connectivity index (χ2v) is 2.93. The van der Waals surface area contributed by atoms with E-state index in [9.17, 15) is 4.39 Å². The highest BCUT2D eigenvalue weighted by Crippen LogP contribution is 2.14. The van der Waals surface area contributed by atoms with Gasteiger partial charge in [-0.15, -0.1) is 0 Å². The van der Waals surface area contributed by atoms with Gasteiger partial charge in [0.2, 0.25) is 0 Å². The zero-order chi connectivity index (χ0) is 9.54. The van der Waals surface area contributed by atoms with Crippen LogP contribution in [-0.2, 0) is 0 Å². The zero-order valence-electron chi connectivity index (χ0n) is 7.05. The molecule has 0 saturated heterocycles. The molecule has 4 nitrogen and oxygen atoms in total. The minimum atomic E-state index is -0.279. The first-order valence-corrected chi connectivity index (χ1v) is 4.08. The van der Waals surface area contributed by atoms with Crippen LogP contribution in [0.15, 0.2) is 30.7 Å². The first-order chi connectivity index (χ1) is 6.84. The van der Waals surface area contributed by atoms with Crippen LogP contribution in [0.5, 0.6) is 0 Å². The Morgan fingerprint density at radius 1 is 1.21 bits per heavy atom. The largest absolute Gasteiger partial charge is 0.252 e. The minimum Gasteiger partial charge on any atom is -0.219 e. The van der Waals surface area contributed by atoms with Gasteiger partial charge in [-0.05, 0) is 18.2 Å². The van der Waals surface area contributed by atoms with Crippen molar-refractivity contribution in [2.24, 2.45) is 0 Å². The van der Waals surface area contributed by atoms with E-state index in [0.717, 1.165) is 5.52 Å². The van der Waals surface area contributed by atoms with E-state index in [2.05, 4.69) is 15.1 Å². The number of hydrogen-bond donors (Lipinski definition) is 0.